The first kappa shape index (κ1) is 19.9. The molecule has 7 heteroatoms. The van der Waals surface area contributed by atoms with Gasteiger partial charge in [-0.3, -0.25) is 4.79 Å². The van der Waals surface area contributed by atoms with Gasteiger partial charge in [0.2, 0.25) is 10.0 Å². The zero-order chi connectivity index (χ0) is 19.2. The highest BCUT2D eigenvalue weighted by molar-refractivity contribution is 7.89. The summed E-state index contributed by atoms with van der Waals surface area (Å²) in [5.41, 5.74) is 1.46. The Morgan fingerprint density at radius 2 is 1.69 bits per heavy atom. The molecule has 0 atom stereocenters. The zero-order valence-corrected chi connectivity index (χ0v) is 16.2. The summed E-state index contributed by atoms with van der Waals surface area (Å²) in [5, 5.41) is 2.84. The summed E-state index contributed by atoms with van der Waals surface area (Å²) in [6, 6.07) is 16.1. The Morgan fingerprint density at radius 1 is 1.00 bits per heavy atom. The van der Waals surface area contributed by atoms with Crippen molar-refractivity contribution in [2.75, 3.05) is 39.1 Å². The second-order valence-corrected chi connectivity index (χ2v) is 8.33. The van der Waals surface area contributed by atoms with E-state index in [4.69, 9.17) is 0 Å². The number of hydrogen-bond acceptors (Lipinski definition) is 4. The second kappa shape index (κ2) is 8.82. The number of nitrogens with one attached hydrogen (secondary N) is 1. The standard InChI is InChI=1S/C19H25N3O3S/c1-21(2)26(24,25)18-12-7-9-16(15-18)19(23)20-13-8-14-22(3)17-10-5-4-6-11-17/h4-7,9-12,15H,8,13-14H2,1-3H3,(H,20,23). The molecule has 0 saturated carbocycles. The van der Waals surface area contributed by atoms with Crippen molar-refractivity contribution in [3.63, 3.8) is 0 Å². The van der Waals surface area contributed by atoms with Crippen molar-refractivity contribution < 1.29 is 13.2 Å². The van der Waals surface area contributed by atoms with Gasteiger partial charge in [-0.1, -0.05) is 24.3 Å². The molecule has 0 aliphatic carbocycles. The van der Waals surface area contributed by atoms with Gasteiger partial charge < -0.3 is 10.2 Å². The summed E-state index contributed by atoms with van der Waals surface area (Å²) in [6.07, 6.45) is 0.785. The number of rotatable bonds is 8. The number of hydrogen-bond donors (Lipinski definition) is 1. The average molecular weight is 375 g/mol. The van der Waals surface area contributed by atoms with Crippen LogP contribution in [0.15, 0.2) is 59.5 Å². The molecule has 0 aliphatic heterocycles. The molecule has 1 amide bonds. The lowest BCUT2D eigenvalue weighted by Crippen LogP contribution is -2.28. The molecule has 2 aromatic rings. The molecule has 0 aliphatic rings. The van der Waals surface area contributed by atoms with Crippen LogP contribution in [-0.2, 0) is 10.0 Å². The number of benzene rings is 2. The summed E-state index contributed by atoms with van der Waals surface area (Å²) >= 11 is 0. The van der Waals surface area contributed by atoms with Crippen LogP contribution in [0.25, 0.3) is 0 Å². The fourth-order valence-electron chi connectivity index (χ4n) is 2.44. The molecule has 2 aromatic carbocycles. The number of anilines is 1. The topological polar surface area (TPSA) is 69.7 Å². The highest BCUT2D eigenvalue weighted by Gasteiger charge is 2.18. The Kier molecular flexibility index (Phi) is 6.76. The van der Waals surface area contributed by atoms with Gasteiger partial charge in [-0.05, 0) is 36.8 Å². The molecule has 140 valence electrons. The number of amides is 1. The van der Waals surface area contributed by atoms with Crippen LogP contribution in [0.5, 0.6) is 0 Å². The molecule has 0 aromatic heterocycles. The van der Waals surface area contributed by atoms with E-state index >= 15 is 0 Å². The van der Waals surface area contributed by atoms with E-state index in [9.17, 15) is 13.2 Å². The van der Waals surface area contributed by atoms with Crippen LogP contribution in [0.2, 0.25) is 0 Å². The van der Waals surface area contributed by atoms with Crippen molar-refractivity contribution >= 4 is 21.6 Å². The molecule has 0 spiro atoms. The third-order valence-corrected chi connectivity index (χ3v) is 5.84. The van der Waals surface area contributed by atoms with Gasteiger partial charge in [0.25, 0.3) is 5.91 Å². The number of nitrogens with zero attached hydrogens (tertiary/aromatic N) is 2. The Balaban J connectivity index is 1.89. The van der Waals surface area contributed by atoms with Gasteiger partial charge in [-0.25, -0.2) is 12.7 Å². The molecule has 6 nitrogen and oxygen atoms in total. The lowest BCUT2D eigenvalue weighted by atomic mass is 10.2. The van der Waals surface area contributed by atoms with Gasteiger partial charge in [0.05, 0.1) is 4.90 Å². The number of para-hydroxylation sites is 1. The van der Waals surface area contributed by atoms with Gasteiger partial charge >= 0.3 is 0 Å². The van der Waals surface area contributed by atoms with E-state index in [1.165, 1.54) is 26.2 Å². The molecule has 0 bridgehead atoms. The lowest BCUT2D eigenvalue weighted by molar-refractivity contribution is 0.0953. The van der Waals surface area contributed by atoms with E-state index in [1.54, 1.807) is 12.1 Å². The molecular weight excluding hydrogens is 350 g/mol. The van der Waals surface area contributed by atoms with Crippen LogP contribution in [-0.4, -0.2) is 52.9 Å². The number of carbonyl (C=O) groups excluding carboxylic acids is 1. The van der Waals surface area contributed by atoms with Crippen LogP contribution in [0, 0.1) is 0 Å². The van der Waals surface area contributed by atoms with Gasteiger partial charge in [0.1, 0.15) is 0 Å². The Morgan fingerprint density at radius 3 is 2.35 bits per heavy atom. The fraction of sp³-hybridized carbons (Fsp3) is 0.316. The predicted octanol–water partition coefficient (Wildman–Crippen LogP) is 2.19. The minimum Gasteiger partial charge on any atom is -0.375 e. The van der Waals surface area contributed by atoms with Crippen molar-refractivity contribution in [2.45, 2.75) is 11.3 Å². The predicted molar refractivity (Wildman–Crippen MR) is 104 cm³/mol. The summed E-state index contributed by atoms with van der Waals surface area (Å²) < 4.78 is 25.5. The minimum absolute atomic E-state index is 0.110. The molecule has 0 saturated heterocycles. The van der Waals surface area contributed by atoms with Crippen molar-refractivity contribution in [1.82, 2.24) is 9.62 Å². The average Bonchev–Trinajstić information content (AvgIpc) is 2.65. The summed E-state index contributed by atoms with van der Waals surface area (Å²) in [6.45, 7) is 1.32. The first-order chi connectivity index (χ1) is 12.3. The van der Waals surface area contributed by atoms with E-state index in [-0.39, 0.29) is 10.8 Å². The molecule has 0 heterocycles. The first-order valence-electron chi connectivity index (χ1n) is 8.39. The molecule has 0 unspecified atom stereocenters. The second-order valence-electron chi connectivity index (χ2n) is 6.18. The van der Waals surface area contributed by atoms with Crippen LogP contribution in [0.3, 0.4) is 0 Å². The van der Waals surface area contributed by atoms with Crippen molar-refractivity contribution in [3.8, 4) is 0 Å². The van der Waals surface area contributed by atoms with E-state index < -0.39 is 10.0 Å². The summed E-state index contributed by atoms with van der Waals surface area (Å²) in [7, 11) is 1.38. The molecule has 1 N–H and O–H groups in total. The van der Waals surface area contributed by atoms with Gasteiger partial charge in [-0.15, -0.1) is 0 Å². The smallest absolute Gasteiger partial charge is 0.251 e. The molecule has 26 heavy (non-hydrogen) atoms. The van der Waals surface area contributed by atoms with Crippen LogP contribution >= 0.6 is 0 Å². The highest BCUT2D eigenvalue weighted by atomic mass is 32.2. The van der Waals surface area contributed by atoms with E-state index in [0.29, 0.717) is 12.1 Å². The normalized spacial score (nSPS) is 11.4. The third-order valence-electron chi connectivity index (χ3n) is 4.03. The zero-order valence-electron chi connectivity index (χ0n) is 15.3. The quantitative estimate of drug-likeness (QED) is 0.718. The largest absolute Gasteiger partial charge is 0.375 e. The Hall–Kier alpha value is -2.38. The number of carbonyl (C=O) groups is 1. The van der Waals surface area contributed by atoms with Gasteiger partial charge in [0, 0.05) is 45.5 Å². The SMILES string of the molecule is CN(CCCNC(=O)c1cccc(S(=O)(=O)N(C)C)c1)c1ccccc1. The van der Waals surface area contributed by atoms with Crippen LogP contribution < -0.4 is 10.2 Å². The number of sulfonamides is 1. The van der Waals surface area contributed by atoms with Crippen LogP contribution in [0.4, 0.5) is 5.69 Å². The first-order valence-corrected chi connectivity index (χ1v) is 9.83. The molecule has 0 fully saturated rings. The van der Waals surface area contributed by atoms with Crippen LogP contribution in [0.1, 0.15) is 16.8 Å². The van der Waals surface area contributed by atoms with Crippen molar-refractivity contribution in [1.29, 1.82) is 0 Å². The van der Waals surface area contributed by atoms with Gasteiger partial charge in [0.15, 0.2) is 0 Å². The maximum Gasteiger partial charge on any atom is 0.251 e. The lowest BCUT2D eigenvalue weighted by Gasteiger charge is -2.19. The Bertz CT molecular complexity index is 836. The maximum atomic E-state index is 12.3. The fourth-order valence-corrected chi connectivity index (χ4v) is 3.39. The maximum absolute atomic E-state index is 12.3. The van der Waals surface area contributed by atoms with E-state index in [2.05, 4.69) is 10.2 Å². The van der Waals surface area contributed by atoms with Crippen molar-refractivity contribution in [2.24, 2.45) is 0 Å². The molecule has 2 rings (SSSR count). The molecular formula is C19H25N3O3S. The minimum atomic E-state index is -3.55. The summed E-state index contributed by atoms with van der Waals surface area (Å²) in [4.78, 5) is 14.5. The highest BCUT2D eigenvalue weighted by Crippen LogP contribution is 2.15. The van der Waals surface area contributed by atoms with E-state index in [1.807, 2.05) is 37.4 Å². The Labute approximate surface area is 155 Å². The third kappa shape index (κ3) is 5.06. The van der Waals surface area contributed by atoms with Gasteiger partial charge in [-0.2, -0.15) is 0 Å². The van der Waals surface area contributed by atoms with Crippen molar-refractivity contribution in [3.05, 3.63) is 60.2 Å². The monoisotopic (exact) mass is 375 g/mol. The molecule has 0 radical (unpaired) electrons. The van der Waals surface area contributed by atoms with E-state index in [0.717, 1.165) is 23.0 Å². The summed E-state index contributed by atoms with van der Waals surface area (Å²) in [5.74, 6) is -0.275.